The summed E-state index contributed by atoms with van der Waals surface area (Å²) in [7, 11) is 2.00. The Bertz CT molecular complexity index is 393. The first-order valence-corrected chi connectivity index (χ1v) is 6.35. The summed E-state index contributed by atoms with van der Waals surface area (Å²) in [6.07, 6.45) is 2.55. The molecule has 1 unspecified atom stereocenters. The van der Waals surface area contributed by atoms with Gasteiger partial charge in [-0.1, -0.05) is 23.7 Å². The summed E-state index contributed by atoms with van der Waals surface area (Å²) in [5, 5.41) is 0.167. The lowest BCUT2D eigenvalue weighted by atomic mass is 10.0. The van der Waals surface area contributed by atoms with Crippen molar-refractivity contribution in [3.05, 3.63) is 34.6 Å². The Balaban J connectivity index is 2.17. The number of rotatable bonds is 5. The second-order valence-electron chi connectivity index (χ2n) is 4.78. The highest BCUT2D eigenvalue weighted by Gasteiger charge is 2.27. The van der Waals surface area contributed by atoms with Crippen molar-refractivity contribution < 1.29 is 4.39 Å². The summed E-state index contributed by atoms with van der Waals surface area (Å²) in [4.78, 5) is 2.13. The van der Waals surface area contributed by atoms with Crippen molar-refractivity contribution in [2.45, 2.75) is 18.9 Å². The van der Waals surface area contributed by atoms with E-state index in [2.05, 4.69) is 4.90 Å². The monoisotopic (exact) mass is 256 g/mol. The summed E-state index contributed by atoms with van der Waals surface area (Å²) >= 11 is 5.80. The van der Waals surface area contributed by atoms with Gasteiger partial charge in [-0.15, -0.1) is 0 Å². The van der Waals surface area contributed by atoms with Crippen LogP contribution < -0.4 is 5.73 Å². The average Bonchev–Trinajstić information content (AvgIpc) is 3.09. The molecule has 0 amide bonds. The lowest BCUT2D eigenvalue weighted by molar-refractivity contribution is 0.235. The Morgan fingerprint density at radius 3 is 2.82 bits per heavy atom. The first-order chi connectivity index (χ1) is 8.13. The normalized spacial score (nSPS) is 17.5. The van der Waals surface area contributed by atoms with Crippen LogP contribution in [0.5, 0.6) is 0 Å². The van der Waals surface area contributed by atoms with Gasteiger partial charge >= 0.3 is 0 Å². The maximum Gasteiger partial charge on any atom is 0.146 e. The molecule has 94 valence electrons. The van der Waals surface area contributed by atoms with E-state index in [1.54, 1.807) is 18.2 Å². The van der Waals surface area contributed by atoms with Crippen molar-refractivity contribution in [2.75, 3.05) is 20.1 Å². The standard InChI is InChI=1S/C13H18ClFN2/c1-17(8-9-5-6-9)12(7-16)10-3-2-4-11(14)13(10)15/h2-4,9,12H,5-8,16H2,1H3. The van der Waals surface area contributed by atoms with Crippen LogP contribution in [0.15, 0.2) is 18.2 Å². The van der Waals surface area contributed by atoms with Gasteiger partial charge in [0.1, 0.15) is 5.82 Å². The van der Waals surface area contributed by atoms with E-state index < -0.39 is 0 Å². The molecule has 2 nitrogen and oxygen atoms in total. The number of benzene rings is 1. The van der Waals surface area contributed by atoms with Gasteiger partial charge in [0.2, 0.25) is 0 Å². The highest BCUT2D eigenvalue weighted by atomic mass is 35.5. The van der Waals surface area contributed by atoms with Crippen molar-refractivity contribution in [3.8, 4) is 0 Å². The molecule has 2 rings (SSSR count). The van der Waals surface area contributed by atoms with Gasteiger partial charge in [0.05, 0.1) is 5.02 Å². The van der Waals surface area contributed by atoms with Gasteiger partial charge in [0.25, 0.3) is 0 Å². The summed E-state index contributed by atoms with van der Waals surface area (Å²) in [6, 6.07) is 5.01. The van der Waals surface area contributed by atoms with Crippen LogP contribution in [-0.2, 0) is 0 Å². The third-order valence-corrected chi connectivity index (χ3v) is 3.63. The highest BCUT2D eigenvalue weighted by molar-refractivity contribution is 6.30. The molecule has 0 aromatic heterocycles. The van der Waals surface area contributed by atoms with Crippen LogP contribution in [-0.4, -0.2) is 25.0 Å². The molecule has 17 heavy (non-hydrogen) atoms. The molecule has 0 aliphatic heterocycles. The first-order valence-electron chi connectivity index (χ1n) is 5.97. The quantitative estimate of drug-likeness (QED) is 0.878. The Kier molecular flexibility index (Phi) is 4.02. The van der Waals surface area contributed by atoms with Crippen LogP contribution in [0.2, 0.25) is 5.02 Å². The van der Waals surface area contributed by atoms with E-state index in [9.17, 15) is 4.39 Å². The van der Waals surface area contributed by atoms with Gasteiger partial charge in [-0.05, 0) is 31.9 Å². The first kappa shape index (κ1) is 12.8. The number of hydrogen-bond donors (Lipinski definition) is 1. The predicted octanol–water partition coefficient (Wildman–Crippen LogP) is 2.82. The van der Waals surface area contributed by atoms with Gasteiger partial charge < -0.3 is 5.73 Å². The van der Waals surface area contributed by atoms with Crippen molar-refractivity contribution in [1.29, 1.82) is 0 Å². The minimum absolute atomic E-state index is 0.0886. The highest BCUT2D eigenvalue weighted by Crippen LogP contribution is 2.33. The summed E-state index contributed by atoms with van der Waals surface area (Å²) in [5.41, 5.74) is 6.37. The van der Waals surface area contributed by atoms with E-state index in [1.807, 2.05) is 7.05 Å². The fourth-order valence-corrected chi connectivity index (χ4v) is 2.34. The lowest BCUT2D eigenvalue weighted by Crippen LogP contribution is -2.32. The third-order valence-electron chi connectivity index (χ3n) is 3.34. The molecule has 0 heterocycles. The molecule has 1 aliphatic carbocycles. The lowest BCUT2D eigenvalue weighted by Gasteiger charge is -2.27. The second-order valence-corrected chi connectivity index (χ2v) is 5.18. The number of nitrogens with two attached hydrogens (primary N) is 1. The van der Waals surface area contributed by atoms with E-state index in [0.29, 0.717) is 12.1 Å². The number of nitrogens with zero attached hydrogens (tertiary/aromatic N) is 1. The summed E-state index contributed by atoms with van der Waals surface area (Å²) in [6.45, 7) is 1.38. The van der Waals surface area contributed by atoms with E-state index in [4.69, 9.17) is 17.3 Å². The van der Waals surface area contributed by atoms with E-state index >= 15 is 0 Å². The molecule has 1 atom stereocenters. The molecular formula is C13H18ClFN2. The minimum atomic E-state index is -0.340. The SMILES string of the molecule is CN(CC1CC1)C(CN)c1cccc(Cl)c1F. The summed E-state index contributed by atoms with van der Waals surface area (Å²) in [5.74, 6) is 0.420. The van der Waals surface area contributed by atoms with Crippen LogP contribution in [0.4, 0.5) is 4.39 Å². The topological polar surface area (TPSA) is 29.3 Å². The third kappa shape index (κ3) is 2.97. The maximum atomic E-state index is 13.9. The Hall–Kier alpha value is -0.640. The summed E-state index contributed by atoms with van der Waals surface area (Å²) < 4.78 is 13.9. The molecule has 4 heteroatoms. The molecule has 0 radical (unpaired) electrons. The van der Waals surface area contributed by atoms with Crippen molar-refractivity contribution in [3.63, 3.8) is 0 Å². The molecule has 1 aromatic carbocycles. The Labute approximate surface area is 107 Å². The smallest absolute Gasteiger partial charge is 0.146 e. The zero-order valence-electron chi connectivity index (χ0n) is 10.00. The van der Waals surface area contributed by atoms with Gasteiger partial charge in [-0.2, -0.15) is 0 Å². The number of hydrogen-bond acceptors (Lipinski definition) is 2. The fourth-order valence-electron chi connectivity index (χ4n) is 2.16. The zero-order valence-corrected chi connectivity index (χ0v) is 10.8. The van der Waals surface area contributed by atoms with Crippen LogP contribution in [0.3, 0.4) is 0 Å². The Morgan fingerprint density at radius 2 is 2.24 bits per heavy atom. The molecule has 0 bridgehead atoms. The van der Waals surface area contributed by atoms with Gasteiger partial charge in [0.15, 0.2) is 0 Å². The van der Waals surface area contributed by atoms with Crippen molar-refractivity contribution >= 4 is 11.6 Å². The van der Waals surface area contributed by atoms with Gasteiger partial charge in [0, 0.05) is 24.7 Å². The largest absolute Gasteiger partial charge is 0.329 e. The van der Waals surface area contributed by atoms with Crippen LogP contribution in [0.25, 0.3) is 0 Å². The molecule has 0 saturated heterocycles. The van der Waals surface area contributed by atoms with Crippen LogP contribution >= 0.6 is 11.6 Å². The van der Waals surface area contributed by atoms with Crippen LogP contribution in [0.1, 0.15) is 24.4 Å². The molecule has 1 aromatic rings. The second kappa shape index (κ2) is 5.34. The fraction of sp³-hybridized carbons (Fsp3) is 0.538. The van der Waals surface area contributed by atoms with Gasteiger partial charge in [-0.3, -0.25) is 4.90 Å². The van der Waals surface area contributed by atoms with Crippen LogP contribution in [0, 0.1) is 11.7 Å². The Morgan fingerprint density at radius 1 is 1.53 bits per heavy atom. The van der Waals surface area contributed by atoms with Crippen molar-refractivity contribution in [1.82, 2.24) is 4.90 Å². The molecule has 1 fully saturated rings. The number of likely N-dealkylation sites (N-methyl/N-ethyl adjacent to an activating group) is 1. The number of halogens is 2. The zero-order chi connectivity index (χ0) is 12.4. The molecular weight excluding hydrogens is 239 g/mol. The molecule has 1 saturated carbocycles. The molecule has 1 aliphatic rings. The van der Waals surface area contributed by atoms with Gasteiger partial charge in [-0.25, -0.2) is 4.39 Å². The average molecular weight is 257 g/mol. The van der Waals surface area contributed by atoms with E-state index in [-0.39, 0.29) is 16.9 Å². The minimum Gasteiger partial charge on any atom is -0.329 e. The predicted molar refractivity (Wildman–Crippen MR) is 68.6 cm³/mol. The van der Waals surface area contributed by atoms with E-state index in [0.717, 1.165) is 12.5 Å². The van der Waals surface area contributed by atoms with Crippen molar-refractivity contribution in [2.24, 2.45) is 11.7 Å². The molecule has 0 spiro atoms. The molecule has 2 N–H and O–H groups in total. The van der Waals surface area contributed by atoms with E-state index in [1.165, 1.54) is 12.8 Å². The maximum absolute atomic E-state index is 13.9.